The summed E-state index contributed by atoms with van der Waals surface area (Å²) in [7, 11) is -3.75. The standard InChI is InChI=1S/C22H27N3O5S/c1-3-30-22(27)25-14-12-18(13-15-25)23-21(26)17-6-10-20(11-7-17)31(28,29)24-19-8-4-16(2)5-9-19/h4-11,18,24H,3,12-15H2,1-2H3,(H,23,26). The van der Waals surface area contributed by atoms with Gasteiger partial charge in [0.2, 0.25) is 0 Å². The zero-order valence-electron chi connectivity index (χ0n) is 17.6. The number of aryl methyl sites for hydroxylation is 1. The van der Waals surface area contributed by atoms with Crippen molar-refractivity contribution in [3.8, 4) is 0 Å². The van der Waals surface area contributed by atoms with E-state index in [0.29, 0.717) is 43.8 Å². The van der Waals surface area contributed by atoms with Crippen LogP contribution in [0.5, 0.6) is 0 Å². The summed E-state index contributed by atoms with van der Waals surface area (Å²) in [6.45, 7) is 5.06. The molecule has 0 unspecified atom stereocenters. The minimum absolute atomic E-state index is 0.0511. The molecule has 1 fully saturated rings. The van der Waals surface area contributed by atoms with Gasteiger partial charge in [0.15, 0.2) is 0 Å². The fraction of sp³-hybridized carbons (Fsp3) is 0.364. The number of sulfonamides is 1. The van der Waals surface area contributed by atoms with E-state index in [9.17, 15) is 18.0 Å². The number of likely N-dealkylation sites (tertiary alicyclic amines) is 1. The molecule has 0 saturated carbocycles. The van der Waals surface area contributed by atoms with Crippen molar-refractivity contribution in [2.45, 2.75) is 37.6 Å². The number of ether oxygens (including phenoxy) is 1. The van der Waals surface area contributed by atoms with Crippen molar-refractivity contribution in [2.75, 3.05) is 24.4 Å². The number of hydrogen-bond acceptors (Lipinski definition) is 5. The molecule has 166 valence electrons. The lowest BCUT2D eigenvalue weighted by atomic mass is 10.0. The van der Waals surface area contributed by atoms with Gasteiger partial charge in [0.05, 0.1) is 11.5 Å². The Morgan fingerprint density at radius 1 is 1.03 bits per heavy atom. The number of nitrogens with one attached hydrogen (secondary N) is 2. The second-order valence-electron chi connectivity index (χ2n) is 7.43. The van der Waals surface area contributed by atoms with Gasteiger partial charge in [-0.3, -0.25) is 9.52 Å². The Morgan fingerprint density at radius 2 is 1.65 bits per heavy atom. The fourth-order valence-corrected chi connectivity index (χ4v) is 4.37. The Balaban J connectivity index is 1.56. The molecule has 2 aromatic carbocycles. The number of benzene rings is 2. The number of carbonyl (C=O) groups excluding carboxylic acids is 2. The third-order valence-corrected chi connectivity index (χ3v) is 6.48. The zero-order chi connectivity index (χ0) is 22.4. The topological polar surface area (TPSA) is 105 Å². The molecule has 0 spiro atoms. The van der Waals surface area contributed by atoms with Crippen LogP contribution < -0.4 is 10.0 Å². The molecule has 1 saturated heterocycles. The summed E-state index contributed by atoms with van der Waals surface area (Å²) in [5.74, 6) is -0.273. The smallest absolute Gasteiger partial charge is 0.409 e. The zero-order valence-corrected chi connectivity index (χ0v) is 18.4. The van der Waals surface area contributed by atoms with Gasteiger partial charge < -0.3 is 15.0 Å². The number of rotatable bonds is 6. The van der Waals surface area contributed by atoms with E-state index in [4.69, 9.17) is 4.74 Å². The highest BCUT2D eigenvalue weighted by molar-refractivity contribution is 7.92. The van der Waals surface area contributed by atoms with Crippen molar-refractivity contribution in [3.63, 3.8) is 0 Å². The van der Waals surface area contributed by atoms with Gasteiger partial charge in [-0.1, -0.05) is 17.7 Å². The van der Waals surface area contributed by atoms with E-state index in [1.807, 2.05) is 19.1 Å². The first-order valence-corrected chi connectivity index (χ1v) is 11.7. The maximum absolute atomic E-state index is 12.6. The van der Waals surface area contributed by atoms with E-state index in [1.54, 1.807) is 24.0 Å². The Morgan fingerprint density at radius 3 is 2.23 bits per heavy atom. The highest BCUT2D eigenvalue weighted by Gasteiger charge is 2.25. The maximum Gasteiger partial charge on any atom is 0.409 e. The first-order chi connectivity index (χ1) is 14.8. The van der Waals surface area contributed by atoms with Crippen LogP contribution in [-0.2, 0) is 14.8 Å². The van der Waals surface area contributed by atoms with E-state index in [-0.39, 0.29) is 22.9 Å². The molecule has 31 heavy (non-hydrogen) atoms. The minimum atomic E-state index is -3.75. The van der Waals surface area contributed by atoms with E-state index >= 15 is 0 Å². The maximum atomic E-state index is 12.6. The summed E-state index contributed by atoms with van der Waals surface area (Å²) >= 11 is 0. The number of hydrogen-bond donors (Lipinski definition) is 2. The predicted molar refractivity (Wildman–Crippen MR) is 118 cm³/mol. The van der Waals surface area contributed by atoms with Gasteiger partial charge in [0.25, 0.3) is 15.9 Å². The Bertz CT molecular complexity index is 1010. The van der Waals surface area contributed by atoms with E-state index in [1.165, 1.54) is 24.3 Å². The summed E-state index contributed by atoms with van der Waals surface area (Å²) in [6, 6.07) is 12.8. The molecule has 0 radical (unpaired) electrons. The molecular formula is C22H27N3O5S. The third kappa shape index (κ3) is 5.97. The summed E-state index contributed by atoms with van der Waals surface area (Å²) < 4.78 is 32.6. The molecule has 0 bridgehead atoms. The Kier molecular flexibility index (Phi) is 7.17. The van der Waals surface area contributed by atoms with Crippen LogP contribution in [0.2, 0.25) is 0 Å². The second-order valence-corrected chi connectivity index (χ2v) is 9.11. The van der Waals surface area contributed by atoms with Crippen molar-refractivity contribution in [3.05, 3.63) is 59.7 Å². The van der Waals surface area contributed by atoms with Gasteiger partial charge in [-0.2, -0.15) is 0 Å². The molecule has 0 atom stereocenters. The van der Waals surface area contributed by atoms with Crippen LogP contribution in [-0.4, -0.2) is 51.1 Å². The largest absolute Gasteiger partial charge is 0.450 e. The molecule has 8 nitrogen and oxygen atoms in total. The molecule has 3 rings (SSSR count). The molecular weight excluding hydrogens is 418 g/mol. The lowest BCUT2D eigenvalue weighted by molar-refractivity contribution is 0.0860. The average Bonchev–Trinajstić information content (AvgIpc) is 2.76. The van der Waals surface area contributed by atoms with Gasteiger partial charge >= 0.3 is 6.09 Å². The van der Waals surface area contributed by atoms with Crippen LogP contribution in [0.25, 0.3) is 0 Å². The fourth-order valence-electron chi connectivity index (χ4n) is 3.31. The summed E-state index contributed by atoms with van der Waals surface area (Å²) in [5.41, 5.74) is 1.88. The summed E-state index contributed by atoms with van der Waals surface area (Å²) in [6.07, 6.45) is 0.943. The first kappa shape index (κ1) is 22.6. The van der Waals surface area contributed by atoms with Gasteiger partial charge in [-0.05, 0) is 63.1 Å². The third-order valence-electron chi connectivity index (χ3n) is 5.09. The van der Waals surface area contributed by atoms with E-state index in [0.717, 1.165) is 5.56 Å². The molecule has 0 aromatic heterocycles. The lowest BCUT2D eigenvalue weighted by Crippen LogP contribution is -2.46. The van der Waals surface area contributed by atoms with Crippen molar-refractivity contribution >= 4 is 27.7 Å². The molecule has 2 aromatic rings. The number of piperidine rings is 1. The molecule has 1 aliphatic heterocycles. The number of nitrogens with zero attached hydrogens (tertiary/aromatic N) is 1. The average molecular weight is 446 g/mol. The molecule has 9 heteroatoms. The van der Waals surface area contributed by atoms with Crippen LogP contribution in [0.15, 0.2) is 53.4 Å². The van der Waals surface area contributed by atoms with E-state index in [2.05, 4.69) is 10.0 Å². The summed E-state index contributed by atoms with van der Waals surface area (Å²) in [4.78, 5) is 26.0. The molecule has 0 aliphatic carbocycles. The van der Waals surface area contributed by atoms with Crippen LogP contribution in [0.4, 0.5) is 10.5 Å². The van der Waals surface area contributed by atoms with Crippen molar-refractivity contribution < 1.29 is 22.7 Å². The van der Waals surface area contributed by atoms with Gasteiger partial charge in [-0.15, -0.1) is 0 Å². The van der Waals surface area contributed by atoms with Crippen LogP contribution >= 0.6 is 0 Å². The number of amides is 2. The molecule has 2 N–H and O–H groups in total. The highest BCUT2D eigenvalue weighted by Crippen LogP contribution is 2.18. The predicted octanol–water partition coefficient (Wildman–Crippen LogP) is 3.15. The molecule has 2 amide bonds. The van der Waals surface area contributed by atoms with Gasteiger partial charge in [-0.25, -0.2) is 13.2 Å². The first-order valence-electron chi connectivity index (χ1n) is 10.2. The van der Waals surface area contributed by atoms with Crippen molar-refractivity contribution in [2.24, 2.45) is 0 Å². The van der Waals surface area contributed by atoms with Crippen LogP contribution in [0.1, 0.15) is 35.7 Å². The van der Waals surface area contributed by atoms with E-state index < -0.39 is 10.0 Å². The highest BCUT2D eigenvalue weighted by atomic mass is 32.2. The number of carbonyl (C=O) groups is 2. The monoisotopic (exact) mass is 445 g/mol. The van der Waals surface area contributed by atoms with Gasteiger partial charge in [0.1, 0.15) is 0 Å². The summed E-state index contributed by atoms with van der Waals surface area (Å²) in [5, 5.41) is 2.95. The second kappa shape index (κ2) is 9.82. The van der Waals surface area contributed by atoms with Crippen molar-refractivity contribution in [1.29, 1.82) is 0 Å². The van der Waals surface area contributed by atoms with Crippen LogP contribution in [0.3, 0.4) is 0 Å². The van der Waals surface area contributed by atoms with Crippen LogP contribution in [0, 0.1) is 6.92 Å². The lowest BCUT2D eigenvalue weighted by Gasteiger charge is -2.31. The molecule has 1 aliphatic rings. The van der Waals surface area contributed by atoms with Gasteiger partial charge in [0, 0.05) is 30.4 Å². The molecule has 1 heterocycles. The number of anilines is 1. The minimum Gasteiger partial charge on any atom is -0.450 e. The normalized spacial score (nSPS) is 14.7. The Labute approximate surface area is 182 Å². The Hall–Kier alpha value is -3.07. The SMILES string of the molecule is CCOC(=O)N1CCC(NC(=O)c2ccc(S(=O)(=O)Nc3ccc(C)cc3)cc2)CC1. The van der Waals surface area contributed by atoms with Crippen molar-refractivity contribution in [1.82, 2.24) is 10.2 Å². The quantitative estimate of drug-likeness (QED) is 0.711.